The number of nitrogens with zero attached hydrogens (tertiary/aromatic N) is 1. The molecular weight excluding hydrogens is 293 g/mol. The van der Waals surface area contributed by atoms with Crippen LogP contribution in [0.3, 0.4) is 0 Å². The van der Waals surface area contributed by atoms with Crippen LogP contribution in [-0.4, -0.2) is 16.1 Å². The fraction of sp³-hybridized carbons (Fsp3) is 0.0526. The van der Waals surface area contributed by atoms with Gasteiger partial charge in [0.25, 0.3) is 0 Å². The summed E-state index contributed by atoms with van der Waals surface area (Å²) in [7, 11) is 0. The molecule has 0 aliphatic heterocycles. The lowest BCUT2D eigenvalue weighted by Crippen LogP contribution is -2.00. The second-order valence-corrected chi connectivity index (χ2v) is 5.30. The molecule has 0 bridgehead atoms. The van der Waals surface area contributed by atoms with Crippen molar-refractivity contribution in [3.63, 3.8) is 0 Å². The predicted octanol–water partition coefficient (Wildman–Crippen LogP) is 4.56. The van der Waals surface area contributed by atoms with E-state index >= 15 is 0 Å². The van der Waals surface area contributed by atoms with Gasteiger partial charge in [0.1, 0.15) is 5.82 Å². The van der Waals surface area contributed by atoms with Crippen LogP contribution in [-0.2, 0) is 0 Å². The van der Waals surface area contributed by atoms with Crippen LogP contribution in [0.25, 0.3) is 22.5 Å². The summed E-state index contributed by atoms with van der Waals surface area (Å²) in [5, 5.41) is 9.33. The Morgan fingerprint density at radius 3 is 1.87 bits per heavy atom. The van der Waals surface area contributed by atoms with Crippen molar-refractivity contribution in [2.45, 2.75) is 6.92 Å². The Bertz CT molecular complexity index is 792. The van der Waals surface area contributed by atoms with Crippen molar-refractivity contribution in [1.82, 2.24) is 4.98 Å². The Balaban J connectivity index is 2.15. The van der Waals surface area contributed by atoms with Gasteiger partial charge in [0.05, 0.1) is 17.0 Å². The van der Waals surface area contributed by atoms with Gasteiger partial charge in [-0.05, 0) is 43.3 Å². The highest BCUT2D eigenvalue weighted by Crippen LogP contribution is 2.25. The Hall–Kier alpha value is -3.01. The summed E-state index contributed by atoms with van der Waals surface area (Å²) in [5.74, 6) is -1.37. The van der Waals surface area contributed by atoms with E-state index in [9.17, 15) is 14.3 Å². The summed E-state index contributed by atoms with van der Waals surface area (Å²) in [4.78, 5) is 15.9. The number of benzene rings is 2. The molecule has 4 heteroatoms. The quantitative estimate of drug-likeness (QED) is 0.771. The van der Waals surface area contributed by atoms with Crippen LogP contribution in [0.5, 0.6) is 0 Å². The lowest BCUT2D eigenvalue weighted by atomic mass is 10.0. The number of carbonyl (C=O) groups is 1. The van der Waals surface area contributed by atoms with Crippen molar-refractivity contribution in [1.29, 1.82) is 0 Å². The zero-order valence-corrected chi connectivity index (χ0v) is 12.5. The van der Waals surface area contributed by atoms with Gasteiger partial charge < -0.3 is 5.11 Å². The minimum Gasteiger partial charge on any atom is -0.478 e. The number of aromatic nitrogens is 1. The molecule has 3 aromatic rings. The lowest BCUT2D eigenvalue weighted by molar-refractivity contribution is 0.0697. The molecule has 2 aromatic carbocycles. The van der Waals surface area contributed by atoms with E-state index in [1.54, 1.807) is 18.2 Å². The summed E-state index contributed by atoms with van der Waals surface area (Å²) in [6.45, 7) is 1.98. The molecule has 114 valence electrons. The number of pyridine rings is 1. The molecule has 0 saturated carbocycles. The second-order valence-electron chi connectivity index (χ2n) is 5.30. The number of halogens is 1. The molecule has 0 atom stereocenters. The minimum atomic E-state index is -1.02. The monoisotopic (exact) mass is 307 g/mol. The van der Waals surface area contributed by atoms with Crippen LogP contribution in [0.15, 0.2) is 60.7 Å². The van der Waals surface area contributed by atoms with E-state index in [0.717, 1.165) is 11.1 Å². The Kier molecular flexibility index (Phi) is 3.89. The van der Waals surface area contributed by atoms with Gasteiger partial charge in [-0.25, -0.2) is 14.2 Å². The smallest absolute Gasteiger partial charge is 0.335 e. The van der Waals surface area contributed by atoms with Crippen molar-refractivity contribution < 1.29 is 14.3 Å². The van der Waals surface area contributed by atoms with Crippen molar-refractivity contribution in [2.75, 3.05) is 0 Å². The summed E-state index contributed by atoms with van der Waals surface area (Å²) in [6.07, 6.45) is 0. The van der Waals surface area contributed by atoms with E-state index < -0.39 is 5.97 Å². The van der Waals surface area contributed by atoms with E-state index in [1.807, 2.05) is 31.2 Å². The number of aryl methyl sites for hydroxylation is 1. The normalized spacial score (nSPS) is 10.5. The van der Waals surface area contributed by atoms with Crippen molar-refractivity contribution in [3.05, 3.63) is 77.6 Å². The first kappa shape index (κ1) is 14.9. The molecule has 0 saturated heterocycles. The number of hydrogen-bond acceptors (Lipinski definition) is 2. The van der Waals surface area contributed by atoms with Gasteiger partial charge in [0.2, 0.25) is 0 Å². The molecule has 0 amide bonds. The van der Waals surface area contributed by atoms with Crippen molar-refractivity contribution in [3.8, 4) is 22.5 Å². The standard InChI is InChI=1S/C19H14FNO2/c1-12-2-4-13(5-3-12)17-10-15(19(22)23)11-18(21-17)14-6-8-16(20)9-7-14/h2-11H,1H3,(H,22,23). The first-order valence-electron chi connectivity index (χ1n) is 7.11. The van der Waals surface area contributed by atoms with Crippen LogP contribution < -0.4 is 0 Å². The van der Waals surface area contributed by atoms with Crippen LogP contribution in [0.2, 0.25) is 0 Å². The molecular formula is C19H14FNO2. The number of aromatic carboxylic acids is 1. The van der Waals surface area contributed by atoms with Crippen LogP contribution >= 0.6 is 0 Å². The average molecular weight is 307 g/mol. The van der Waals surface area contributed by atoms with E-state index in [2.05, 4.69) is 4.98 Å². The van der Waals surface area contributed by atoms with Crippen molar-refractivity contribution >= 4 is 5.97 Å². The van der Waals surface area contributed by atoms with Crippen LogP contribution in [0, 0.1) is 12.7 Å². The summed E-state index contributed by atoms with van der Waals surface area (Å²) < 4.78 is 13.1. The van der Waals surface area contributed by atoms with Crippen molar-refractivity contribution in [2.24, 2.45) is 0 Å². The highest BCUT2D eigenvalue weighted by Gasteiger charge is 2.11. The summed E-state index contributed by atoms with van der Waals surface area (Å²) in [5.41, 5.74) is 3.84. The SMILES string of the molecule is Cc1ccc(-c2cc(C(=O)O)cc(-c3ccc(F)cc3)n2)cc1. The van der Waals surface area contributed by atoms with E-state index in [4.69, 9.17) is 0 Å². The molecule has 0 unspecified atom stereocenters. The molecule has 0 aliphatic rings. The highest BCUT2D eigenvalue weighted by atomic mass is 19.1. The van der Waals surface area contributed by atoms with Gasteiger partial charge in [-0.3, -0.25) is 0 Å². The maximum Gasteiger partial charge on any atom is 0.335 e. The molecule has 0 spiro atoms. The fourth-order valence-electron chi connectivity index (χ4n) is 2.29. The minimum absolute atomic E-state index is 0.148. The summed E-state index contributed by atoms with van der Waals surface area (Å²) in [6, 6.07) is 16.6. The fourth-order valence-corrected chi connectivity index (χ4v) is 2.29. The Morgan fingerprint density at radius 2 is 1.39 bits per heavy atom. The number of carboxylic acid groups (broad SMARTS) is 1. The van der Waals surface area contributed by atoms with Gasteiger partial charge in [0, 0.05) is 11.1 Å². The van der Waals surface area contributed by atoms with E-state index in [-0.39, 0.29) is 11.4 Å². The largest absolute Gasteiger partial charge is 0.478 e. The third-order valence-electron chi connectivity index (χ3n) is 3.56. The van der Waals surface area contributed by atoms with Gasteiger partial charge in [-0.2, -0.15) is 0 Å². The highest BCUT2D eigenvalue weighted by molar-refractivity contribution is 5.90. The molecule has 1 aromatic heterocycles. The maximum atomic E-state index is 13.1. The molecule has 1 N–H and O–H groups in total. The molecule has 23 heavy (non-hydrogen) atoms. The molecule has 0 radical (unpaired) electrons. The van der Waals surface area contributed by atoms with Crippen LogP contribution in [0.4, 0.5) is 4.39 Å². The Morgan fingerprint density at radius 1 is 0.913 bits per heavy atom. The third kappa shape index (κ3) is 3.26. The van der Waals surface area contributed by atoms with E-state index in [0.29, 0.717) is 17.0 Å². The number of carboxylic acids is 1. The molecule has 3 nitrogen and oxygen atoms in total. The number of rotatable bonds is 3. The number of hydrogen-bond donors (Lipinski definition) is 1. The topological polar surface area (TPSA) is 50.2 Å². The van der Waals surface area contributed by atoms with E-state index in [1.165, 1.54) is 18.2 Å². The van der Waals surface area contributed by atoms with Gasteiger partial charge in [-0.1, -0.05) is 29.8 Å². The lowest BCUT2D eigenvalue weighted by Gasteiger charge is -2.08. The molecule has 0 fully saturated rings. The predicted molar refractivity (Wildman–Crippen MR) is 86.8 cm³/mol. The first-order chi connectivity index (χ1) is 11.0. The second kappa shape index (κ2) is 6.01. The zero-order chi connectivity index (χ0) is 16.4. The third-order valence-corrected chi connectivity index (χ3v) is 3.56. The van der Waals surface area contributed by atoms with Crippen LogP contribution in [0.1, 0.15) is 15.9 Å². The first-order valence-corrected chi connectivity index (χ1v) is 7.11. The molecule has 1 heterocycles. The average Bonchev–Trinajstić information content (AvgIpc) is 2.55. The zero-order valence-electron chi connectivity index (χ0n) is 12.5. The van der Waals surface area contributed by atoms with Gasteiger partial charge in [0.15, 0.2) is 0 Å². The summed E-state index contributed by atoms with van der Waals surface area (Å²) >= 11 is 0. The molecule has 3 rings (SSSR count). The maximum absolute atomic E-state index is 13.1. The Labute approximate surface area is 133 Å². The van der Waals surface area contributed by atoms with Gasteiger partial charge >= 0.3 is 5.97 Å². The van der Waals surface area contributed by atoms with Gasteiger partial charge in [-0.15, -0.1) is 0 Å². The molecule has 0 aliphatic carbocycles.